The highest BCUT2D eigenvalue weighted by Gasteiger charge is 2.46. The summed E-state index contributed by atoms with van der Waals surface area (Å²) in [6.45, 7) is 0. The quantitative estimate of drug-likeness (QED) is 0.907. The van der Waals surface area contributed by atoms with Gasteiger partial charge in [0.2, 0.25) is 0 Å². The van der Waals surface area contributed by atoms with Crippen LogP contribution in [0.25, 0.3) is 0 Å². The van der Waals surface area contributed by atoms with Gasteiger partial charge in [-0.15, -0.1) is 0 Å². The van der Waals surface area contributed by atoms with Crippen LogP contribution in [0.5, 0.6) is 0 Å². The molecule has 0 amide bonds. The Bertz CT molecular complexity index is 640. The maximum absolute atomic E-state index is 9.52. The second-order valence-electron chi connectivity index (χ2n) is 5.29. The van der Waals surface area contributed by atoms with Gasteiger partial charge in [0.1, 0.15) is 0 Å². The van der Waals surface area contributed by atoms with Crippen LogP contribution in [-0.2, 0) is 5.41 Å². The topological polar surface area (TPSA) is 35.8 Å². The van der Waals surface area contributed by atoms with Gasteiger partial charge < -0.3 is 5.32 Å². The number of benzene rings is 2. The van der Waals surface area contributed by atoms with Crippen LogP contribution in [0.4, 0.5) is 5.69 Å². The van der Waals surface area contributed by atoms with Gasteiger partial charge in [-0.2, -0.15) is 5.26 Å². The lowest BCUT2D eigenvalue weighted by atomic mass is 9.62. The first-order valence-electron chi connectivity index (χ1n) is 6.71. The molecule has 100 valence electrons. The van der Waals surface area contributed by atoms with E-state index >= 15 is 0 Å². The van der Waals surface area contributed by atoms with E-state index in [0.29, 0.717) is 6.04 Å². The number of hydrogen-bond acceptors (Lipinski definition) is 2. The molecule has 1 fully saturated rings. The van der Waals surface area contributed by atoms with Crippen LogP contribution in [0.15, 0.2) is 54.6 Å². The fourth-order valence-corrected chi connectivity index (χ4v) is 3.02. The molecule has 0 bridgehead atoms. The van der Waals surface area contributed by atoms with Gasteiger partial charge in [0.05, 0.1) is 22.2 Å². The largest absolute Gasteiger partial charge is 0.381 e. The zero-order valence-corrected chi connectivity index (χ0v) is 11.8. The Kier molecular flexibility index (Phi) is 3.38. The van der Waals surface area contributed by atoms with Gasteiger partial charge in [-0.3, -0.25) is 0 Å². The number of para-hydroxylation sites is 1. The van der Waals surface area contributed by atoms with E-state index in [2.05, 4.69) is 11.4 Å². The van der Waals surface area contributed by atoms with Crippen molar-refractivity contribution >= 4 is 17.3 Å². The summed E-state index contributed by atoms with van der Waals surface area (Å²) in [4.78, 5) is 0. The molecule has 2 aromatic rings. The first-order chi connectivity index (χ1) is 9.73. The van der Waals surface area contributed by atoms with E-state index < -0.39 is 0 Å². The Hall–Kier alpha value is -1.98. The lowest BCUT2D eigenvalue weighted by Crippen LogP contribution is -2.47. The monoisotopic (exact) mass is 282 g/mol. The third-order valence-electron chi connectivity index (χ3n) is 3.96. The predicted octanol–water partition coefficient (Wildman–Crippen LogP) is 4.38. The molecule has 20 heavy (non-hydrogen) atoms. The molecule has 2 aromatic carbocycles. The maximum Gasteiger partial charge on any atom is 0.0861 e. The van der Waals surface area contributed by atoms with Crippen molar-refractivity contribution in [2.45, 2.75) is 24.3 Å². The summed E-state index contributed by atoms with van der Waals surface area (Å²) < 4.78 is 0. The van der Waals surface area contributed by atoms with E-state index in [9.17, 15) is 5.26 Å². The molecule has 0 radical (unpaired) electrons. The van der Waals surface area contributed by atoms with Crippen LogP contribution in [0, 0.1) is 11.3 Å². The van der Waals surface area contributed by atoms with Crippen LogP contribution in [0.1, 0.15) is 18.4 Å². The van der Waals surface area contributed by atoms with E-state index in [4.69, 9.17) is 11.6 Å². The summed E-state index contributed by atoms with van der Waals surface area (Å²) in [5.74, 6) is 0. The average Bonchev–Trinajstić information content (AvgIpc) is 2.45. The lowest BCUT2D eigenvalue weighted by Gasteiger charge is -2.43. The van der Waals surface area contributed by atoms with E-state index in [0.717, 1.165) is 29.1 Å². The number of nitrogens with one attached hydrogen (secondary N) is 1. The first-order valence-corrected chi connectivity index (χ1v) is 7.09. The van der Waals surface area contributed by atoms with Crippen molar-refractivity contribution in [1.29, 1.82) is 5.26 Å². The number of nitriles is 1. The zero-order valence-electron chi connectivity index (χ0n) is 11.0. The molecule has 0 aliphatic heterocycles. The molecule has 0 unspecified atom stereocenters. The van der Waals surface area contributed by atoms with E-state index in [1.165, 1.54) is 0 Å². The van der Waals surface area contributed by atoms with Crippen LogP contribution in [0.3, 0.4) is 0 Å². The highest BCUT2D eigenvalue weighted by Crippen LogP contribution is 2.44. The Balaban J connectivity index is 1.72. The third kappa shape index (κ3) is 2.26. The minimum atomic E-state index is -0.347. The molecule has 0 atom stereocenters. The zero-order chi connectivity index (χ0) is 14.0. The van der Waals surface area contributed by atoms with Crippen molar-refractivity contribution in [3.63, 3.8) is 0 Å². The Morgan fingerprint density at radius 1 is 1.05 bits per heavy atom. The van der Waals surface area contributed by atoms with Gasteiger partial charge >= 0.3 is 0 Å². The second kappa shape index (κ2) is 5.19. The molecule has 1 aliphatic rings. The predicted molar refractivity (Wildman–Crippen MR) is 81.8 cm³/mol. The standard InChI is InChI=1S/C17H15ClN2/c18-15-8-4-5-9-16(15)20-14-10-17(11-14,12-19)13-6-2-1-3-7-13/h1-9,14,20H,10-11H2. The average molecular weight is 283 g/mol. The van der Waals surface area contributed by atoms with Crippen LogP contribution in [0.2, 0.25) is 5.02 Å². The SMILES string of the molecule is N#CC1(c2ccccc2)CC(Nc2ccccc2Cl)C1. The summed E-state index contributed by atoms with van der Waals surface area (Å²) in [5.41, 5.74) is 1.71. The molecule has 0 aromatic heterocycles. The summed E-state index contributed by atoms with van der Waals surface area (Å²) in [6.07, 6.45) is 1.64. The molecular formula is C17H15ClN2. The van der Waals surface area contributed by atoms with Crippen molar-refractivity contribution in [2.24, 2.45) is 0 Å². The normalized spacial score (nSPS) is 24.5. The van der Waals surface area contributed by atoms with Gasteiger partial charge in [-0.05, 0) is 30.5 Å². The summed E-state index contributed by atoms with van der Waals surface area (Å²) >= 11 is 6.14. The number of nitrogens with zero attached hydrogens (tertiary/aromatic N) is 1. The molecule has 3 rings (SSSR count). The number of anilines is 1. The van der Waals surface area contributed by atoms with E-state index in [1.807, 2.05) is 54.6 Å². The van der Waals surface area contributed by atoms with Crippen molar-refractivity contribution < 1.29 is 0 Å². The lowest BCUT2D eigenvalue weighted by molar-refractivity contribution is 0.289. The van der Waals surface area contributed by atoms with Crippen molar-refractivity contribution in [2.75, 3.05) is 5.32 Å². The minimum absolute atomic E-state index is 0.301. The van der Waals surface area contributed by atoms with Gasteiger partial charge in [0.15, 0.2) is 0 Å². The highest BCUT2D eigenvalue weighted by atomic mass is 35.5. The molecule has 2 nitrogen and oxygen atoms in total. The summed E-state index contributed by atoms with van der Waals surface area (Å²) in [6, 6.07) is 20.5. The number of hydrogen-bond donors (Lipinski definition) is 1. The summed E-state index contributed by atoms with van der Waals surface area (Å²) in [7, 11) is 0. The number of rotatable bonds is 3. The molecule has 1 saturated carbocycles. The van der Waals surface area contributed by atoms with Gasteiger partial charge in [0.25, 0.3) is 0 Å². The molecular weight excluding hydrogens is 268 g/mol. The first kappa shape index (κ1) is 13.0. The maximum atomic E-state index is 9.52. The number of halogens is 1. The molecule has 1 aliphatic carbocycles. The van der Waals surface area contributed by atoms with Crippen LogP contribution >= 0.6 is 11.6 Å². The van der Waals surface area contributed by atoms with Gasteiger partial charge in [0, 0.05) is 6.04 Å². The molecule has 0 saturated heterocycles. The molecule has 3 heteroatoms. The highest BCUT2D eigenvalue weighted by molar-refractivity contribution is 6.33. The van der Waals surface area contributed by atoms with E-state index in [1.54, 1.807) is 0 Å². The van der Waals surface area contributed by atoms with Crippen LogP contribution < -0.4 is 5.32 Å². The Morgan fingerprint density at radius 3 is 2.35 bits per heavy atom. The van der Waals surface area contributed by atoms with Crippen molar-refractivity contribution in [3.8, 4) is 6.07 Å². The van der Waals surface area contributed by atoms with Crippen LogP contribution in [-0.4, -0.2) is 6.04 Å². The molecule has 0 heterocycles. The van der Waals surface area contributed by atoms with Gasteiger partial charge in [-0.25, -0.2) is 0 Å². The second-order valence-corrected chi connectivity index (χ2v) is 5.70. The smallest absolute Gasteiger partial charge is 0.0861 e. The van der Waals surface area contributed by atoms with Crippen molar-refractivity contribution in [3.05, 3.63) is 65.2 Å². The van der Waals surface area contributed by atoms with Crippen molar-refractivity contribution in [1.82, 2.24) is 0 Å². The van der Waals surface area contributed by atoms with Gasteiger partial charge in [-0.1, -0.05) is 54.1 Å². The summed E-state index contributed by atoms with van der Waals surface area (Å²) in [5, 5.41) is 13.7. The Labute approximate surface area is 124 Å². The fourth-order valence-electron chi connectivity index (χ4n) is 2.83. The third-order valence-corrected chi connectivity index (χ3v) is 4.29. The molecule has 1 N–H and O–H groups in total. The molecule has 0 spiro atoms. The van der Waals surface area contributed by atoms with E-state index in [-0.39, 0.29) is 5.41 Å². The minimum Gasteiger partial charge on any atom is -0.381 e. The Morgan fingerprint density at radius 2 is 1.70 bits per heavy atom. The fraction of sp³-hybridized carbons (Fsp3) is 0.235.